The minimum Gasteiger partial charge on any atom is -0.396 e. The molecule has 1 amide bonds. The van der Waals surface area contributed by atoms with E-state index in [0.29, 0.717) is 29.5 Å². The zero-order valence-corrected chi connectivity index (χ0v) is 12.9. The van der Waals surface area contributed by atoms with Crippen molar-refractivity contribution < 1.29 is 9.90 Å². The number of aryl methyl sites for hydroxylation is 1. The number of hydrogen-bond donors (Lipinski definition) is 2. The number of aliphatic hydroxyl groups is 1. The fraction of sp³-hybridized carbons (Fsp3) is 0.353. The molecule has 0 spiro atoms. The molecule has 2 aromatic heterocycles. The van der Waals surface area contributed by atoms with E-state index in [1.165, 1.54) is 0 Å². The molecule has 0 bridgehead atoms. The van der Waals surface area contributed by atoms with Gasteiger partial charge in [0.1, 0.15) is 5.82 Å². The molecule has 1 fully saturated rings. The number of amides is 1. The standard InChI is InChI=1S/C17H18N4O2/c1-10-2-5-14-16(19-10)21(12-3-4-12)15-13(17(23)20-14)8-11(6-7-22)9-18-15/h2,5,8-9,12,22H,3-4,6-7H2,1H3,(H,20,23). The van der Waals surface area contributed by atoms with E-state index in [4.69, 9.17) is 5.11 Å². The van der Waals surface area contributed by atoms with Crippen molar-refractivity contribution in [2.45, 2.75) is 32.2 Å². The van der Waals surface area contributed by atoms with Crippen molar-refractivity contribution in [3.8, 4) is 0 Å². The molecule has 0 radical (unpaired) electrons. The van der Waals surface area contributed by atoms with Crippen LogP contribution in [0.15, 0.2) is 24.4 Å². The number of nitrogens with one attached hydrogen (secondary N) is 1. The second-order valence-corrected chi connectivity index (χ2v) is 6.07. The zero-order valence-electron chi connectivity index (χ0n) is 12.9. The molecule has 1 aliphatic heterocycles. The summed E-state index contributed by atoms with van der Waals surface area (Å²) in [7, 11) is 0. The molecule has 6 nitrogen and oxygen atoms in total. The number of anilines is 3. The summed E-state index contributed by atoms with van der Waals surface area (Å²) in [4.78, 5) is 23.9. The number of aliphatic hydroxyl groups excluding tert-OH is 1. The van der Waals surface area contributed by atoms with Crippen molar-refractivity contribution in [3.63, 3.8) is 0 Å². The van der Waals surface area contributed by atoms with Gasteiger partial charge in [-0.05, 0) is 49.9 Å². The van der Waals surface area contributed by atoms with Crippen LogP contribution >= 0.6 is 0 Å². The minimum atomic E-state index is -0.178. The minimum absolute atomic E-state index is 0.0371. The Labute approximate surface area is 134 Å². The summed E-state index contributed by atoms with van der Waals surface area (Å²) < 4.78 is 0. The molecule has 2 aromatic rings. The van der Waals surface area contributed by atoms with E-state index in [-0.39, 0.29) is 12.5 Å². The summed E-state index contributed by atoms with van der Waals surface area (Å²) in [6.45, 7) is 1.98. The highest BCUT2D eigenvalue weighted by Crippen LogP contribution is 2.43. The van der Waals surface area contributed by atoms with Crippen LogP contribution in [0.3, 0.4) is 0 Å². The fourth-order valence-electron chi connectivity index (χ4n) is 2.92. The Kier molecular flexibility index (Phi) is 3.27. The van der Waals surface area contributed by atoms with E-state index in [1.807, 2.05) is 25.1 Å². The normalized spacial score (nSPS) is 16.4. The topological polar surface area (TPSA) is 78.3 Å². The van der Waals surface area contributed by atoms with Crippen molar-refractivity contribution in [2.24, 2.45) is 0 Å². The molecule has 4 rings (SSSR count). The van der Waals surface area contributed by atoms with Gasteiger partial charge in [-0.2, -0.15) is 0 Å². The Balaban J connectivity index is 1.90. The average Bonchev–Trinajstić information content (AvgIpc) is 3.36. The Morgan fingerprint density at radius 1 is 1.35 bits per heavy atom. The first kappa shape index (κ1) is 14.1. The van der Waals surface area contributed by atoms with Crippen molar-refractivity contribution in [3.05, 3.63) is 41.2 Å². The summed E-state index contributed by atoms with van der Waals surface area (Å²) in [5, 5.41) is 12.1. The Bertz CT molecular complexity index is 786. The van der Waals surface area contributed by atoms with Gasteiger partial charge in [0.05, 0.1) is 11.3 Å². The number of hydrogen-bond acceptors (Lipinski definition) is 5. The fourth-order valence-corrected chi connectivity index (χ4v) is 2.92. The smallest absolute Gasteiger partial charge is 0.259 e. The maximum atomic E-state index is 12.6. The third kappa shape index (κ3) is 2.45. The van der Waals surface area contributed by atoms with E-state index in [2.05, 4.69) is 20.2 Å². The predicted octanol–water partition coefficient (Wildman–Crippen LogP) is 2.19. The van der Waals surface area contributed by atoms with E-state index >= 15 is 0 Å². The second kappa shape index (κ2) is 5.31. The van der Waals surface area contributed by atoms with E-state index in [9.17, 15) is 4.79 Å². The van der Waals surface area contributed by atoms with Crippen LogP contribution in [0, 0.1) is 6.92 Å². The first-order chi connectivity index (χ1) is 11.2. The number of nitrogens with zero attached hydrogens (tertiary/aromatic N) is 3. The molecule has 1 saturated carbocycles. The lowest BCUT2D eigenvalue weighted by molar-refractivity contribution is 0.102. The highest BCUT2D eigenvalue weighted by Gasteiger charge is 2.37. The van der Waals surface area contributed by atoms with Crippen molar-refractivity contribution in [1.82, 2.24) is 9.97 Å². The molecule has 118 valence electrons. The van der Waals surface area contributed by atoms with Gasteiger partial charge in [-0.3, -0.25) is 4.79 Å². The SMILES string of the molecule is Cc1ccc2c(n1)N(C1CC1)c1ncc(CCO)cc1C(=O)N2. The molecule has 3 heterocycles. The van der Waals surface area contributed by atoms with E-state index in [0.717, 1.165) is 29.9 Å². The summed E-state index contributed by atoms with van der Waals surface area (Å²) in [5.74, 6) is 1.24. The monoisotopic (exact) mass is 310 g/mol. The quantitative estimate of drug-likeness (QED) is 0.908. The molecule has 0 unspecified atom stereocenters. The Morgan fingerprint density at radius 3 is 2.91 bits per heavy atom. The van der Waals surface area contributed by atoms with Crippen LogP contribution < -0.4 is 10.2 Å². The van der Waals surface area contributed by atoms with Gasteiger partial charge in [-0.15, -0.1) is 0 Å². The Hall–Kier alpha value is -2.47. The predicted molar refractivity (Wildman–Crippen MR) is 87.1 cm³/mol. The molecule has 1 aliphatic carbocycles. The van der Waals surface area contributed by atoms with Crippen LogP contribution in [0.5, 0.6) is 0 Å². The highest BCUT2D eigenvalue weighted by atomic mass is 16.3. The molecule has 2 aliphatic rings. The van der Waals surface area contributed by atoms with E-state index in [1.54, 1.807) is 6.20 Å². The van der Waals surface area contributed by atoms with Gasteiger partial charge in [-0.1, -0.05) is 0 Å². The first-order valence-corrected chi connectivity index (χ1v) is 7.85. The number of rotatable bonds is 3. The van der Waals surface area contributed by atoms with Crippen LogP contribution in [-0.4, -0.2) is 33.6 Å². The molecule has 0 aromatic carbocycles. The van der Waals surface area contributed by atoms with Gasteiger partial charge in [0.15, 0.2) is 5.82 Å². The lowest BCUT2D eigenvalue weighted by Crippen LogP contribution is -2.23. The molecule has 0 saturated heterocycles. The highest BCUT2D eigenvalue weighted by molar-refractivity contribution is 6.11. The third-order valence-electron chi connectivity index (χ3n) is 4.20. The van der Waals surface area contributed by atoms with Gasteiger partial charge in [0, 0.05) is 24.5 Å². The van der Waals surface area contributed by atoms with Crippen LogP contribution in [0.1, 0.15) is 34.5 Å². The number of fused-ring (bicyclic) bond motifs is 2. The van der Waals surface area contributed by atoms with Gasteiger partial charge in [0.25, 0.3) is 5.91 Å². The molecule has 0 atom stereocenters. The Morgan fingerprint density at radius 2 is 2.17 bits per heavy atom. The van der Waals surface area contributed by atoms with Gasteiger partial charge < -0.3 is 15.3 Å². The van der Waals surface area contributed by atoms with Crippen LogP contribution in [-0.2, 0) is 6.42 Å². The van der Waals surface area contributed by atoms with Crippen LogP contribution in [0.4, 0.5) is 17.3 Å². The van der Waals surface area contributed by atoms with Crippen molar-refractivity contribution >= 4 is 23.2 Å². The summed E-state index contributed by atoms with van der Waals surface area (Å²) in [6.07, 6.45) is 4.37. The van der Waals surface area contributed by atoms with Gasteiger partial charge >= 0.3 is 0 Å². The van der Waals surface area contributed by atoms with Crippen molar-refractivity contribution in [2.75, 3.05) is 16.8 Å². The summed E-state index contributed by atoms with van der Waals surface area (Å²) in [6, 6.07) is 5.95. The zero-order chi connectivity index (χ0) is 16.0. The van der Waals surface area contributed by atoms with Gasteiger partial charge in [-0.25, -0.2) is 9.97 Å². The molecular weight excluding hydrogens is 292 g/mol. The maximum Gasteiger partial charge on any atom is 0.259 e. The molecular formula is C17H18N4O2. The third-order valence-corrected chi connectivity index (χ3v) is 4.20. The molecule has 23 heavy (non-hydrogen) atoms. The lowest BCUT2D eigenvalue weighted by atomic mass is 10.1. The number of aromatic nitrogens is 2. The number of carbonyl (C=O) groups is 1. The van der Waals surface area contributed by atoms with Crippen molar-refractivity contribution in [1.29, 1.82) is 0 Å². The van der Waals surface area contributed by atoms with Gasteiger partial charge in [0.2, 0.25) is 0 Å². The van der Waals surface area contributed by atoms with Crippen LogP contribution in [0.2, 0.25) is 0 Å². The lowest BCUT2D eigenvalue weighted by Gasteiger charge is -2.23. The maximum absolute atomic E-state index is 12.6. The molecule has 6 heteroatoms. The summed E-state index contributed by atoms with van der Waals surface area (Å²) >= 11 is 0. The number of pyridine rings is 2. The van der Waals surface area contributed by atoms with E-state index < -0.39 is 0 Å². The first-order valence-electron chi connectivity index (χ1n) is 7.85. The molecule has 2 N–H and O–H groups in total. The number of carbonyl (C=O) groups excluding carboxylic acids is 1. The van der Waals surface area contributed by atoms with Crippen LogP contribution in [0.25, 0.3) is 0 Å². The summed E-state index contributed by atoms with van der Waals surface area (Å²) in [5.41, 5.74) is 3.02. The largest absolute Gasteiger partial charge is 0.396 e. The average molecular weight is 310 g/mol. The second-order valence-electron chi connectivity index (χ2n) is 6.07.